The van der Waals surface area contributed by atoms with Crippen LogP contribution in [-0.2, 0) is 6.42 Å². The summed E-state index contributed by atoms with van der Waals surface area (Å²) in [6.45, 7) is 4.24. The van der Waals surface area contributed by atoms with Crippen molar-refractivity contribution >= 4 is 15.9 Å². The molecule has 18 heavy (non-hydrogen) atoms. The van der Waals surface area contributed by atoms with Crippen LogP contribution < -0.4 is 5.73 Å². The van der Waals surface area contributed by atoms with Crippen molar-refractivity contribution in [3.8, 4) is 0 Å². The lowest BCUT2D eigenvalue weighted by Crippen LogP contribution is -2.12. The van der Waals surface area contributed by atoms with Gasteiger partial charge in [-0.05, 0) is 41.7 Å². The smallest absolute Gasteiger partial charge is 0.0552 e. The van der Waals surface area contributed by atoms with Gasteiger partial charge in [0.05, 0.1) is 6.04 Å². The first-order valence-corrected chi connectivity index (χ1v) is 7.01. The van der Waals surface area contributed by atoms with Crippen molar-refractivity contribution in [3.63, 3.8) is 0 Å². The van der Waals surface area contributed by atoms with Crippen molar-refractivity contribution in [2.45, 2.75) is 26.3 Å². The van der Waals surface area contributed by atoms with E-state index >= 15 is 0 Å². The summed E-state index contributed by atoms with van der Waals surface area (Å²) in [5.74, 6) is 0. The third kappa shape index (κ3) is 2.82. The molecular formula is C16H18BrN. The summed E-state index contributed by atoms with van der Waals surface area (Å²) in [5.41, 5.74) is 11.2. The highest BCUT2D eigenvalue weighted by Gasteiger charge is 2.10. The number of halogens is 1. The molecular weight excluding hydrogens is 286 g/mol. The molecule has 1 atom stereocenters. The minimum atomic E-state index is -0.0617. The quantitative estimate of drug-likeness (QED) is 0.895. The molecule has 0 amide bonds. The maximum Gasteiger partial charge on any atom is 0.0552 e. The van der Waals surface area contributed by atoms with Crippen LogP contribution in [0.1, 0.15) is 35.2 Å². The largest absolute Gasteiger partial charge is 0.320 e. The predicted octanol–water partition coefficient (Wildman–Crippen LogP) is 4.37. The molecule has 0 aliphatic carbocycles. The van der Waals surface area contributed by atoms with E-state index in [1.165, 1.54) is 16.7 Å². The number of rotatable bonds is 3. The van der Waals surface area contributed by atoms with Crippen LogP contribution in [0.25, 0.3) is 0 Å². The standard InChI is InChI=1S/C16H18BrN/c1-3-12-5-4-6-13(9-12)16(18)14-8-7-11(2)15(17)10-14/h4-10,16H,3,18H2,1-2H3. The third-order valence-electron chi connectivity index (χ3n) is 3.27. The molecule has 0 heterocycles. The second-order valence-electron chi connectivity index (χ2n) is 4.58. The SMILES string of the molecule is CCc1cccc(C(N)c2ccc(C)c(Br)c2)c1. The lowest BCUT2D eigenvalue weighted by molar-refractivity contribution is 0.865. The topological polar surface area (TPSA) is 26.0 Å². The zero-order valence-electron chi connectivity index (χ0n) is 10.8. The lowest BCUT2D eigenvalue weighted by Gasteiger charge is -2.14. The highest BCUT2D eigenvalue weighted by Crippen LogP contribution is 2.25. The van der Waals surface area contributed by atoms with Crippen LogP contribution in [0.2, 0.25) is 0 Å². The van der Waals surface area contributed by atoms with Crippen molar-refractivity contribution in [2.24, 2.45) is 5.73 Å². The normalized spacial score (nSPS) is 12.4. The average Bonchev–Trinajstić information content (AvgIpc) is 2.41. The molecule has 0 saturated carbocycles. The number of nitrogens with two attached hydrogens (primary N) is 1. The van der Waals surface area contributed by atoms with Gasteiger partial charge in [0.2, 0.25) is 0 Å². The first-order valence-electron chi connectivity index (χ1n) is 6.22. The molecule has 2 aromatic carbocycles. The molecule has 0 aliphatic rings. The van der Waals surface area contributed by atoms with E-state index in [1.54, 1.807) is 0 Å². The summed E-state index contributed by atoms with van der Waals surface area (Å²) in [6, 6.07) is 14.8. The maximum absolute atomic E-state index is 6.34. The second-order valence-corrected chi connectivity index (χ2v) is 5.44. The van der Waals surface area contributed by atoms with Crippen LogP contribution in [0.15, 0.2) is 46.9 Å². The number of hydrogen-bond acceptors (Lipinski definition) is 1. The van der Waals surface area contributed by atoms with Gasteiger partial charge in [-0.15, -0.1) is 0 Å². The van der Waals surface area contributed by atoms with E-state index in [9.17, 15) is 0 Å². The Bertz CT molecular complexity index is 549. The molecule has 1 unspecified atom stereocenters. The van der Waals surface area contributed by atoms with Crippen molar-refractivity contribution < 1.29 is 0 Å². The van der Waals surface area contributed by atoms with Gasteiger partial charge >= 0.3 is 0 Å². The van der Waals surface area contributed by atoms with Crippen LogP contribution in [-0.4, -0.2) is 0 Å². The molecule has 2 rings (SSSR count). The molecule has 0 radical (unpaired) electrons. The molecule has 2 N–H and O–H groups in total. The summed E-state index contributed by atoms with van der Waals surface area (Å²) in [6.07, 6.45) is 1.04. The number of hydrogen-bond donors (Lipinski definition) is 1. The molecule has 0 spiro atoms. The van der Waals surface area contributed by atoms with E-state index in [0.717, 1.165) is 16.5 Å². The summed E-state index contributed by atoms with van der Waals surface area (Å²) >= 11 is 3.56. The summed E-state index contributed by atoms with van der Waals surface area (Å²) in [5, 5.41) is 0. The van der Waals surface area contributed by atoms with Crippen LogP contribution >= 0.6 is 15.9 Å². The highest BCUT2D eigenvalue weighted by atomic mass is 79.9. The van der Waals surface area contributed by atoms with Crippen molar-refractivity contribution in [3.05, 3.63) is 69.2 Å². The molecule has 0 saturated heterocycles. The Morgan fingerprint density at radius 1 is 1.11 bits per heavy atom. The Morgan fingerprint density at radius 2 is 1.83 bits per heavy atom. The van der Waals surface area contributed by atoms with Crippen LogP contribution in [0.3, 0.4) is 0 Å². The van der Waals surface area contributed by atoms with Crippen LogP contribution in [0.5, 0.6) is 0 Å². The molecule has 0 aromatic heterocycles. The number of benzene rings is 2. The van der Waals surface area contributed by atoms with Gasteiger partial charge in [-0.2, -0.15) is 0 Å². The van der Waals surface area contributed by atoms with Gasteiger partial charge in [0, 0.05) is 4.47 Å². The highest BCUT2D eigenvalue weighted by molar-refractivity contribution is 9.10. The van der Waals surface area contributed by atoms with Gasteiger partial charge in [-0.3, -0.25) is 0 Å². The first-order chi connectivity index (χ1) is 8.61. The second kappa shape index (κ2) is 5.68. The van der Waals surface area contributed by atoms with E-state index in [4.69, 9.17) is 5.73 Å². The van der Waals surface area contributed by atoms with Gasteiger partial charge in [-0.25, -0.2) is 0 Å². The third-order valence-corrected chi connectivity index (χ3v) is 4.13. The van der Waals surface area contributed by atoms with E-state index in [2.05, 4.69) is 72.2 Å². The summed E-state index contributed by atoms with van der Waals surface area (Å²) < 4.78 is 1.11. The summed E-state index contributed by atoms with van der Waals surface area (Å²) in [7, 11) is 0. The summed E-state index contributed by atoms with van der Waals surface area (Å²) in [4.78, 5) is 0. The zero-order chi connectivity index (χ0) is 13.1. The molecule has 2 heteroatoms. The van der Waals surface area contributed by atoms with Gasteiger partial charge in [0.1, 0.15) is 0 Å². The van der Waals surface area contributed by atoms with E-state index in [0.29, 0.717) is 0 Å². The fourth-order valence-electron chi connectivity index (χ4n) is 2.00. The van der Waals surface area contributed by atoms with Crippen molar-refractivity contribution in [1.82, 2.24) is 0 Å². The van der Waals surface area contributed by atoms with E-state index in [-0.39, 0.29) is 6.04 Å². The van der Waals surface area contributed by atoms with Gasteiger partial charge in [-0.1, -0.05) is 59.3 Å². The zero-order valence-corrected chi connectivity index (χ0v) is 12.4. The van der Waals surface area contributed by atoms with Crippen molar-refractivity contribution in [1.29, 1.82) is 0 Å². The van der Waals surface area contributed by atoms with E-state index < -0.39 is 0 Å². The average molecular weight is 304 g/mol. The fraction of sp³-hybridized carbons (Fsp3) is 0.250. The molecule has 1 nitrogen and oxygen atoms in total. The predicted molar refractivity (Wildman–Crippen MR) is 80.7 cm³/mol. The van der Waals surface area contributed by atoms with Gasteiger partial charge in [0.15, 0.2) is 0 Å². The Balaban J connectivity index is 2.34. The van der Waals surface area contributed by atoms with Crippen molar-refractivity contribution in [2.75, 3.05) is 0 Å². The minimum absolute atomic E-state index is 0.0617. The Labute approximate surface area is 117 Å². The molecule has 2 aromatic rings. The Morgan fingerprint density at radius 3 is 2.50 bits per heavy atom. The minimum Gasteiger partial charge on any atom is -0.320 e. The maximum atomic E-state index is 6.34. The lowest BCUT2D eigenvalue weighted by atomic mass is 9.97. The monoisotopic (exact) mass is 303 g/mol. The van der Waals surface area contributed by atoms with Gasteiger partial charge < -0.3 is 5.73 Å². The Hall–Kier alpha value is -1.12. The Kier molecular flexibility index (Phi) is 4.20. The van der Waals surface area contributed by atoms with E-state index in [1.807, 2.05) is 0 Å². The molecule has 94 valence electrons. The van der Waals surface area contributed by atoms with Crippen LogP contribution in [0.4, 0.5) is 0 Å². The molecule has 0 bridgehead atoms. The fourth-order valence-corrected chi connectivity index (χ4v) is 2.40. The van der Waals surface area contributed by atoms with Crippen LogP contribution in [0, 0.1) is 6.92 Å². The van der Waals surface area contributed by atoms with Gasteiger partial charge in [0.25, 0.3) is 0 Å². The first kappa shape index (κ1) is 13.3. The molecule has 0 fully saturated rings. The number of aryl methyl sites for hydroxylation is 2. The molecule has 0 aliphatic heterocycles.